The summed E-state index contributed by atoms with van der Waals surface area (Å²) >= 11 is 5.10. The van der Waals surface area contributed by atoms with Gasteiger partial charge in [0, 0.05) is 20.5 Å². The maximum Gasteiger partial charge on any atom is 0.289 e. The lowest BCUT2D eigenvalue weighted by atomic mass is 9.96. The average Bonchev–Trinajstić information content (AvgIpc) is 2.50. The first kappa shape index (κ1) is 13.0. The molecule has 1 aromatic rings. The molecule has 4 nitrogen and oxygen atoms in total. The summed E-state index contributed by atoms with van der Waals surface area (Å²) in [6.45, 7) is 1.78. The Morgan fingerprint density at radius 2 is 1.94 bits per heavy atom. The SMILES string of the molecule is CN(C)N1C(=O)C(C)(Cc2ccccc2)OC1=S. The van der Waals surface area contributed by atoms with Crippen LogP contribution in [0.3, 0.4) is 0 Å². The number of nitrogens with zero attached hydrogens (tertiary/aromatic N) is 2. The molecule has 2 rings (SSSR count). The molecule has 1 fully saturated rings. The number of thiocarbonyl (C=S) groups is 1. The van der Waals surface area contributed by atoms with Gasteiger partial charge in [-0.1, -0.05) is 30.3 Å². The molecule has 0 bridgehead atoms. The number of hydrogen-bond acceptors (Lipinski definition) is 4. The van der Waals surface area contributed by atoms with E-state index in [0.29, 0.717) is 6.42 Å². The van der Waals surface area contributed by atoms with Crippen molar-refractivity contribution in [1.82, 2.24) is 10.0 Å². The summed E-state index contributed by atoms with van der Waals surface area (Å²) in [5.74, 6) is -0.124. The van der Waals surface area contributed by atoms with Gasteiger partial charge in [-0.05, 0) is 24.7 Å². The zero-order valence-electron chi connectivity index (χ0n) is 10.7. The Morgan fingerprint density at radius 1 is 1.33 bits per heavy atom. The Labute approximate surface area is 112 Å². The van der Waals surface area contributed by atoms with Gasteiger partial charge in [0.2, 0.25) is 0 Å². The lowest BCUT2D eigenvalue weighted by Crippen LogP contribution is -2.46. The van der Waals surface area contributed by atoms with Crippen molar-refractivity contribution in [2.45, 2.75) is 18.9 Å². The molecule has 1 heterocycles. The minimum Gasteiger partial charge on any atom is -0.453 e. The Hall–Kier alpha value is -1.46. The van der Waals surface area contributed by atoms with Crippen LogP contribution in [0.4, 0.5) is 0 Å². The van der Waals surface area contributed by atoms with Gasteiger partial charge in [-0.15, -0.1) is 0 Å². The first-order valence-electron chi connectivity index (χ1n) is 5.73. The summed E-state index contributed by atoms with van der Waals surface area (Å²) in [5, 5.41) is 3.24. The third kappa shape index (κ3) is 2.23. The summed E-state index contributed by atoms with van der Waals surface area (Å²) in [5.41, 5.74) is 0.139. The van der Waals surface area contributed by atoms with Gasteiger partial charge in [0.15, 0.2) is 5.60 Å². The first-order chi connectivity index (χ1) is 8.44. The second-order valence-electron chi connectivity index (χ2n) is 4.73. The van der Waals surface area contributed by atoms with E-state index in [4.69, 9.17) is 17.0 Å². The first-order valence-corrected chi connectivity index (χ1v) is 6.13. The van der Waals surface area contributed by atoms with Crippen molar-refractivity contribution < 1.29 is 9.53 Å². The molecule has 0 spiro atoms. The van der Waals surface area contributed by atoms with Gasteiger partial charge < -0.3 is 4.74 Å². The zero-order valence-corrected chi connectivity index (χ0v) is 11.5. The van der Waals surface area contributed by atoms with E-state index < -0.39 is 5.60 Å². The number of ether oxygens (including phenoxy) is 1. The van der Waals surface area contributed by atoms with Gasteiger partial charge in [0.1, 0.15) is 0 Å². The molecule has 1 unspecified atom stereocenters. The third-order valence-electron chi connectivity index (χ3n) is 2.91. The largest absolute Gasteiger partial charge is 0.453 e. The summed E-state index contributed by atoms with van der Waals surface area (Å²) in [7, 11) is 3.53. The number of hydrogen-bond donors (Lipinski definition) is 0. The molecule has 0 aliphatic carbocycles. The Morgan fingerprint density at radius 3 is 2.44 bits per heavy atom. The zero-order chi connectivity index (χ0) is 13.3. The van der Waals surface area contributed by atoms with Gasteiger partial charge in [-0.2, -0.15) is 5.01 Å². The van der Waals surface area contributed by atoms with Crippen LogP contribution in [0.15, 0.2) is 30.3 Å². The molecule has 1 aromatic carbocycles. The normalized spacial score (nSPS) is 23.7. The fraction of sp³-hybridized carbons (Fsp3) is 0.385. The van der Waals surface area contributed by atoms with Crippen LogP contribution in [0, 0.1) is 0 Å². The maximum atomic E-state index is 12.4. The molecule has 18 heavy (non-hydrogen) atoms. The predicted molar refractivity (Wildman–Crippen MR) is 72.8 cm³/mol. The molecule has 0 saturated carbocycles. The molecule has 0 aromatic heterocycles. The molecule has 0 radical (unpaired) electrons. The van der Waals surface area contributed by atoms with Crippen LogP contribution in [0.1, 0.15) is 12.5 Å². The van der Waals surface area contributed by atoms with E-state index in [1.54, 1.807) is 26.0 Å². The van der Waals surface area contributed by atoms with E-state index in [9.17, 15) is 4.79 Å². The second kappa shape index (κ2) is 4.66. The van der Waals surface area contributed by atoms with Gasteiger partial charge >= 0.3 is 0 Å². The molecular weight excluding hydrogens is 248 g/mol. The number of rotatable bonds is 3. The van der Waals surface area contributed by atoms with Crippen molar-refractivity contribution in [3.05, 3.63) is 35.9 Å². The predicted octanol–water partition coefficient (Wildman–Crippen LogP) is 1.61. The van der Waals surface area contributed by atoms with Gasteiger partial charge in [0.25, 0.3) is 11.1 Å². The van der Waals surface area contributed by atoms with Crippen LogP contribution in [0.5, 0.6) is 0 Å². The highest BCUT2D eigenvalue weighted by atomic mass is 32.1. The highest BCUT2D eigenvalue weighted by molar-refractivity contribution is 7.80. The van der Waals surface area contributed by atoms with Crippen LogP contribution in [0.25, 0.3) is 0 Å². The van der Waals surface area contributed by atoms with E-state index in [2.05, 4.69) is 0 Å². The summed E-state index contributed by atoms with van der Waals surface area (Å²) in [6, 6.07) is 9.78. The average molecular weight is 264 g/mol. The Bertz CT molecular complexity index is 475. The standard InChI is InChI=1S/C13H16N2O2S/c1-13(9-10-7-5-4-6-8-10)11(16)15(14(2)3)12(18)17-13/h4-8H,9H2,1-3H3. The van der Waals surface area contributed by atoms with Gasteiger partial charge in [-0.25, -0.2) is 5.01 Å². The minimum absolute atomic E-state index is 0.124. The maximum absolute atomic E-state index is 12.4. The number of carbonyl (C=O) groups excluding carboxylic acids is 1. The number of amides is 1. The molecule has 1 saturated heterocycles. The fourth-order valence-corrected chi connectivity index (χ4v) is 2.46. The van der Waals surface area contributed by atoms with E-state index >= 15 is 0 Å². The van der Waals surface area contributed by atoms with Crippen LogP contribution >= 0.6 is 12.2 Å². The molecule has 5 heteroatoms. The topological polar surface area (TPSA) is 32.8 Å². The van der Waals surface area contributed by atoms with Crippen LogP contribution in [-0.4, -0.2) is 40.8 Å². The number of benzene rings is 1. The summed E-state index contributed by atoms with van der Waals surface area (Å²) in [6.07, 6.45) is 0.511. The van der Waals surface area contributed by atoms with Crippen molar-refractivity contribution in [2.24, 2.45) is 0 Å². The van der Waals surface area contributed by atoms with Crippen molar-refractivity contribution in [3.63, 3.8) is 0 Å². The lowest BCUT2D eigenvalue weighted by Gasteiger charge is -2.22. The highest BCUT2D eigenvalue weighted by Gasteiger charge is 2.49. The Kier molecular flexibility index (Phi) is 3.36. The second-order valence-corrected chi connectivity index (χ2v) is 5.07. The van der Waals surface area contributed by atoms with Crippen molar-refractivity contribution >= 4 is 23.3 Å². The summed E-state index contributed by atoms with van der Waals surface area (Å²) < 4.78 is 5.61. The molecule has 1 aliphatic rings. The van der Waals surface area contributed by atoms with E-state index in [1.807, 2.05) is 30.3 Å². The molecular formula is C13H16N2O2S. The smallest absolute Gasteiger partial charge is 0.289 e. The van der Waals surface area contributed by atoms with Crippen molar-refractivity contribution in [3.8, 4) is 0 Å². The van der Waals surface area contributed by atoms with Crippen molar-refractivity contribution in [1.29, 1.82) is 0 Å². The molecule has 96 valence electrons. The number of hydrazine groups is 1. The van der Waals surface area contributed by atoms with E-state index in [1.165, 1.54) is 5.01 Å². The minimum atomic E-state index is -0.914. The fourth-order valence-electron chi connectivity index (χ4n) is 2.03. The third-order valence-corrected chi connectivity index (χ3v) is 3.17. The van der Waals surface area contributed by atoms with E-state index in [-0.39, 0.29) is 11.1 Å². The van der Waals surface area contributed by atoms with Gasteiger partial charge in [-0.3, -0.25) is 4.79 Å². The summed E-state index contributed by atoms with van der Waals surface area (Å²) in [4.78, 5) is 12.4. The highest BCUT2D eigenvalue weighted by Crippen LogP contribution is 2.28. The Balaban J connectivity index is 2.23. The molecule has 1 atom stereocenters. The van der Waals surface area contributed by atoms with Crippen LogP contribution in [-0.2, 0) is 16.0 Å². The van der Waals surface area contributed by atoms with Crippen LogP contribution in [0.2, 0.25) is 0 Å². The quantitative estimate of drug-likeness (QED) is 0.777. The molecule has 0 N–H and O–H groups in total. The lowest BCUT2D eigenvalue weighted by molar-refractivity contribution is -0.142. The van der Waals surface area contributed by atoms with Crippen LogP contribution < -0.4 is 0 Å². The van der Waals surface area contributed by atoms with Gasteiger partial charge in [0.05, 0.1) is 0 Å². The van der Waals surface area contributed by atoms with E-state index in [0.717, 1.165) is 5.56 Å². The molecule has 1 aliphatic heterocycles. The molecule has 1 amide bonds. The number of carbonyl (C=O) groups is 1. The van der Waals surface area contributed by atoms with Crippen molar-refractivity contribution in [2.75, 3.05) is 14.1 Å². The monoisotopic (exact) mass is 264 g/mol.